The molecule has 17 heavy (non-hydrogen) atoms. The van der Waals surface area contributed by atoms with E-state index in [0.717, 1.165) is 17.4 Å². The molecule has 1 unspecified atom stereocenters. The number of halogens is 3. The summed E-state index contributed by atoms with van der Waals surface area (Å²) in [6, 6.07) is 5.33. The number of benzene rings is 1. The first-order chi connectivity index (χ1) is 7.99. The molecule has 0 fully saturated rings. The van der Waals surface area contributed by atoms with Crippen molar-refractivity contribution in [1.29, 1.82) is 0 Å². The molecule has 0 aliphatic carbocycles. The highest BCUT2D eigenvalue weighted by Crippen LogP contribution is 2.32. The number of thiophene rings is 1. The summed E-state index contributed by atoms with van der Waals surface area (Å²) in [6.07, 6.45) is -1.12. The predicted octanol–water partition coefficient (Wildman–Crippen LogP) is 4.07. The van der Waals surface area contributed by atoms with Gasteiger partial charge in [-0.2, -0.15) is 0 Å². The van der Waals surface area contributed by atoms with Gasteiger partial charge in [0.25, 0.3) is 0 Å². The third-order valence-electron chi connectivity index (χ3n) is 2.44. The summed E-state index contributed by atoms with van der Waals surface area (Å²) in [5.74, 6) is -1.38. The summed E-state index contributed by atoms with van der Waals surface area (Å²) >= 11 is 6.91. The molecule has 1 atom stereocenters. The monoisotopic (exact) mass is 274 g/mol. The number of hydrogen-bond acceptors (Lipinski definition) is 2. The van der Waals surface area contributed by atoms with Gasteiger partial charge in [0.05, 0.1) is 4.34 Å². The summed E-state index contributed by atoms with van der Waals surface area (Å²) in [7, 11) is 0. The molecule has 0 aliphatic rings. The molecule has 1 heterocycles. The minimum atomic E-state index is -1.12. The van der Waals surface area contributed by atoms with Crippen molar-refractivity contribution in [2.75, 3.05) is 0 Å². The van der Waals surface area contributed by atoms with E-state index in [1.54, 1.807) is 12.1 Å². The van der Waals surface area contributed by atoms with Crippen molar-refractivity contribution < 1.29 is 13.9 Å². The van der Waals surface area contributed by atoms with E-state index in [1.807, 2.05) is 0 Å². The van der Waals surface area contributed by atoms with Crippen LogP contribution in [0.3, 0.4) is 0 Å². The molecule has 1 N–H and O–H groups in total. The average Bonchev–Trinajstić information content (AvgIpc) is 2.69. The van der Waals surface area contributed by atoms with Crippen LogP contribution in [0.2, 0.25) is 4.34 Å². The summed E-state index contributed by atoms with van der Waals surface area (Å²) < 4.78 is 27.1. The minimum Gasteiger partial charge on any atom is -0.383 e. The van der Waals surface area contributed by atoms with Gasteiger partial charge < -0.3 is 5.11 Å². The Morgan fingerprint density at radius 3 is 2.53 bits per heavy atom. The Hall–Kier alpha value is -0.970. The number of aliphatic hydroxyl groups excluding tert-OH is 1. The molecular formula is C12H9ClF2OS. The average molecular weight is 275 g/mol. The minimum absolute atomic E-state index is 0.0578. The van der Waals surface area contributed by atoms with Crippen molar-refractivity contribution >= 4 is 22.9 Å². The Balaban J connectivity index is 2.43. The topological polar surface area (TPSA) is 20.2 Å². The molecule has 0 saturated carbocycles. The standard InChI is InChI=1S/C12H9ClF2OS/c1-6-4-7(9(15)5-8(6)14)12(16)10-2-3-11(13)17-10/h2-5,12,16H,1H3. The first-order valence-corrected chi connectivity index (χ1v) is 6.07. The van der Waals surface area contributed by atoms with E-state index in [4.69, 9.17) is 11.6 Å². The van der Waals surface area contributed by atoms with Crippen LogP contribution in [0.5, 0.6) is 0 Å². The van der Waals surface area contributed by atoms with Gasteiger partial charge in [-0.25, -0.2) is 8.78 Å². The quantitative estimate of drug-likeness (QED) is 0.875. The van der Waals surface area contributed by atoms with Gasteiger partial charge in [0.15, 0.2) is 0 Å². The van der Waals surface area contributed by atoms with Crippen molar-refractivity contribution in [3.05, 3.63) is 56.2 Å². The Morgan fingerprint density at radius 1 is 1.24 bits per heavy atom. The van der Waals surface area contributed by atoms with Crippen LogP contribution in [0.15, 0.2) is 24.3 Å². The van der Waals surface area contributed by atoms with Crippen molar-refractivity contribution in [3.8, 4) is 0 Å². The van der Waals surface area contributed by atoms with Gasteiger partial charge in [0.2, 0.25) is 0 Å². The SMILES string of the molecule is Cc1cc(C(O)c2ccc(Cl)s2)c(F)cc1F. The van der Waals surface area contributed by atoms with Crippen LogP contribution in [-0.2, 0) is 0 Å². The molecular weight excluding hydrogens is 266 g/mol. The third-order valence-corrected chi connectivity index (χ3v) is 3.72. The van der Waals surface area contributed by atoms with Crippen molar-refractivity contribution in [1.82, 2.24) is 0 Å². The van der Waals surface area contributed by atoms with Crippen LogP contribution >= 0.6 is 22.9 Å². The van der Waals surface area contributed by atoms with Gasteiger partial charge in [-0.15, -0.1) is 11.3 Å². The fourth-order valence-corrected chi connectivity index (χ4v) is 2.58. The fourth-order valence-electron chi connectivity index (χ4n) is 1.52. The van der Waals surface area contributed by atoms with Crippen LogP contribution in [-0.4, -0.2) is 5.11 Å². The van der Waals surface area contributed by atoms with Gasteiger partial charge in [0.1, 0.15) is 17.7 Å². The third kappa shape index (κ3) is 2.49. The lowest BCUT2D eigenvalue weighted by Gasteiger charge is -2.11. The molecule has 0 saturated heterocycles. The molecule has 0 spiro atoms. The fraction of sp³-hybridized carbons (Fsp3) is 0.167. The van der Waals surface area contributed by atoms with Crippen LogP contribution < -0.4 is 0 Å². The molecule has 1 aromatic carbocycles. The lowest BCUT2D eigenvalue weighted by Crippen LogP contribution is -2.02. The largest absolute Gasteiger partial charge is 0.383 e. The van der Waals surface area contributed by atoms with Gasteiger partial charge in [-0.05, 0) is 30.7 Å². The van der Waals surface area contributed by atoms with Crippen LogP contribution in [0.1, 0.15) is 22.1 Å². The molecule has 2 rings (SSSR count). The maximum absolute atomic E-state index is 13.5. The van der Waals surface area contributed by atoms with Crippen molar-refractivity contribution in [2.24, 2.45) is 0 Å². The number of hydrogen-bond donors (Lipinski definition) is 1. The van der Waals surface area contributed by atoms with Gasteiger partial charge in [-0.1, -0.05) is 11.6 Å². The Labute approximate surface area is 106 Å². The maximum Gasteiger partial charge on any atom is 0.132 e. The second kappa shape index (κ2) is 4.72. The van der Waals surface area contributed by atoms with E-state index >= 15 is 0 Å². The molecule has 1 nitrogen and oxygen atoms in total. The van der Waals surface area contributed by atoms with E-state index in [1.165, 1.54) is 13.0 Å². The molecule has 0 bridgehead atoms. The molecule has 0 radical (unpaired) electrons. The second-order valence-corrected chi connectivity index (χ2v) is 5.41. The highest BCUT2D eigenvalue weighted by atomic mass is 35.5. The first-order valence-electron chi connectivity index (χ1n) is 4.88. The van der Waals surface area contributed by atoms with Crippen molar-refractivity contribution in [3.63, 3.8) is 0 Å². The highest BCUT2D eigenvalue weighted by molar-refractivity contribution is 7.16. The lowest BCUT2D eigenvalue weighted by atomic mass is 10.0. The predicted molar refractivity (Wildman–Crippen MR) is 64.5 cm³/mol. The zero-order valence-electron chi connectivity index (χ0n) is 8.88. The maximum atomic E-state index is 13.5. The summed E-state index contributed by atoms with van der Waals surface area (Å²) in [5, 5.41) is 9.99. The van der Waals surface area contributed by atoms with E-state index in [0.29, 0.717) is 14.8 Å². The van der Waals surface area contributed by atoms with E-state index in [2.05, 4.69) is 0 Å². The van der Waals surface area contributed by atoms with E-state index in [-0.39, 0.29) is 5.56 Å². The molecule has 90 valence electrons. The van der Waals surface area contributed by atoms with E-state index in [9.17, 15) is 13.9 Å². The summed E-state index contributed by atoms with van der Waals surface area (Å²) in [6.45, 7) is 1.52. The number of aliphatic hydroxyl groups is 1. The number of aryl methyl sites for hydroxylation is 1. The molecule has 0 amide bonds. The van der Waals surface area contributed by atoms with Gasteiger partial charge >= 0.3 is 0 Å². The second-order valence-electron chi connectivity index (χ2n) is 3.67. The van der Waals surface area contributed by atoms with Crippen molar-refractivity contribution in [2.45, 2.75) is 13.0 Å². The van der Waals surface area contributed by atoms with Crippen LogP contribution in [0, 0.1) is 18.6 Å². The highest BCUT2D eigenvalue weighted by Gasteiger charge is 2.18. The Kier molecular flexibility index (Phi) is 3.47. The zero-order chi connectivity index (χ0) is 12.6. The van der Waals surface area contributed by atoms with Crippen LogP contribution in [0.4, 0.5) is 8.78 Å². The molecule has 2 aromatic rings. The normalized spacial score (nSPS) is 12.8. The Morgan fingerprint density at radius 2 is 1.94 bits per heavy atom. The first kappa shape index (κ1) is 12.5. The smallest absolute Gasteiger partial charge is 0.132 e. The van der Waals surface area contributed by atoms with E-state index < -0.39 is 17.7 Å². The van der Waals surface area contributed by atoms with Gasteiger partial charge in [0, 0.05) is 16.5 Å². The van der Waals surface area contributed by atoms with Gasteiger partial charge in [-0.3, -0.25) is 0 Å². The summed E-state index contributed by atoms with van der Waals surface area (Å²) in [4.78, 5) is 0.528. The molecule has 5 heteroatoms. The lowest BCUT2D eigenvalue weighted by molar-refractivity contribution is 0.218. The molecule has 1 aromatic heterocycles. The molecule has 0 aliphatic heterocycles. The Bertz CT molecular complexity index is 553. The summed E-state index contributed by atoms with van der Waals surface area (Å²) in [5.41, 5.74) is 0.352. The zero-order valence-corrected chi connectivity index (χ0v) is 10.4. The van der Waals surface area contributed by atoms with Crippen LogP contribution in [0.25, 0.3) is 0 Å². The number of rotatable bonds is 2.